The van der Waals surface area contributed by atoms with Gasteiger partial charge in [-0.05, 0) is 55.2 Å². The minimum Gasteiger partial charge on any atom is -0.497 e. The molecule has 180 valence electrons. The van der Waals surface area contributed by atoms with Crippen LogP contribution in [0.3, 0.4) is 0 Å². The minimum atomic E-state index is -0.193. The Hall–Kier alpha value is -3.68. The van der Waals surface area contributed by atoms with E-state index in [0.717, 1.165) is 30.6 Å². The number of benzene rings is 2. The molecule has 2 aromatic carbocycles. The Balaban J connectivity index is 1.39. The van der Waals surface area contributed by atoms with E-state index in [-0.39, 0.29) is 17.7 Å². The summed E-state index contributed by atoms with van der Waals surface area (Å²) in [7, 11) is 1.63. The highest BCUT2D eigenvalue weighted by atomic mass is 16.5. The van der Waals surface area contributed by atoms with Crippen LogP contribution in [-0.4, -0.2) is 35.6 Å². The summed E-state index contributed by atoms with van der Waals surface area (Å²) in [5.41, 5.74) is 1.88. The maximum Gasteiger partial charge on any atom is 0.253 e. The maximum absolute atomic E-state index is 12.6. The molecule has 0 radical (unpaired) electrons. The van der Waals surface area contributed by atoms with Crippen LogP contribution in [0.5, 0.6) is 5.75 Å². The second-order valence-corrected chi connectivity index (χ2v) is 8.50. The van der Waals surface area contributed by atoms with Gasteiger partial charge < -0.3 is 19.9 Å². The molecule has 8 nitrogen and oxygen atoms in total. The number of rotatable bonds is 12. The highest BCUT2D eigenvalue weighted by Gasteiger charge is 2.13. The van der Waals surface area contributed by atoms with E-state index in [1.807, 2.05) is 38.1 Å². The van der Waals surface area contributed by atoms with Gasteiger partial charge in [-0.2, -0.15) is 4.98 Å². The van der Waals surface area contributed by atoms with Crippen LogP contribution >= 0.6 is 0 Å². The standard InChI is InChI=1S/C26H32N4O4/c1-18(2)17-23(31)28-22-10-7-6-9-21(22)26(32)27-16-8-4-5-11-24-29-25(30-34-24)19-12-14-20(33-3)15-13-19/h6-7,9-10,12-15,18H,4-5,8,11,16-17H2,1-3H3,(H,27,32)(H,28,31). The van der Waals surface area contributed by atoms with Crippen molar-refractivity contribution in [3.05, 3.63) is 60.0 Å². The molecule has 0 spiro atoms. The van der Waals surface area contributed by atoms with E-state index in [2.05, 4.69) is 20.8 Å². The third-order valence-electron chi connectivity index (χ3n) is 5.21. The molecule has 0 aliphatic carbocycles. The third-order valence-corrected chi connectivity index (χ3v) is 5.21. The van der Waals surface area contributed by atoms with Crippen LogP contribution in [0.4, 0.5) is 5.69 Å². The van der Waals surface area contributed by atoms with Crippen molar-refractivity contribution in [1.82, 2.24) is 15.5 Å². The number of hydrogen-bond donors (Lipinski definition) is 2. The van der Waals surface area contributed by atoms with Gasteiger partial charge >= 0.3 is 0 Å². The largest absolute Gasteiger partial charge is 0.497 e. The Morgan fingerprint density at radius 3 is 2.53 bits per heavy atom. The van der Waals surface area contributed by atoms with Crippen LogP contribution in [0.15, 0.2) is 53.1 Å². The number of unbranched alkanes of at least 4 members (excludes halogenated alkanes) is 2. The fraction of sp³-hybridized carbons (Fsp3) is 0.385. The van der Waals surface area contributed by atoms with Gasteiger partial charge in [0, 0.05) is 24.9 Å². The first-order chi connectivity index (χ1) is 16.5. The van der Waals surface area contributed by atoms with E-state index in [1.54, 1.807) is 31.4 Å². The number of nitrogens with one attached hydrogen (secondary N) is 2. The molecule has 2 amide bonds. The van der Waals surface area contributed by atoms with Crippen molar-refractivity contribution in [2.75, 3.05) is 19.0 Å². The highest BCUT2D eigenvalue weighted by Crippen LogP contribution is 2.20. The average Bonchev–Trinajstić information content (AvgIpc) is 3.30. The zero-order valence-electron chi connectivity index (χ0n) is 20.0. The molecule has 0 unspecified atom stereocenters. The first-order valence-electron chi connectivity index (χ1n) is 11.6. The molecule has 34 heavy (non-hydrogen) atoms. The van der Waals surface area contributed by atoms with Gasteiger partial charge in [-0.25, -0.2) is 0 Å². The Bertz CT molecular complexity index is 1080. The van der Waals surface area contributed by atoms with Crippen molar-refractivity contribution >= 4 is 17.5 Å². The van der Waals surface area contributed by atoms with Gasteiger partial charge in [0.1, 0.15) is 5.75 Å². The van der Waals surface area contributed by atoms with Gasteiger partial charge in [0.25, 0.3) is 5.91 Å². The number of ether oxygens (including phenoxy) is 1. The second kappa shape index (κ2) is 12.5. The lowest BCUT2D eigenvalue weighted by Gasteiger charge is -2.12. The summed E-state index contributed by atoms with van der Waals surface area (Å²) in [5.74, 6) is 1.90. The van der Waals surface area contributed by atoms with Gasteiger partial charge in [0.2, 0.25) is 17.6 Å². The van der Waals surface area contributed by atoms with Gasteiger partial charge in [0.15, 0.2) is 0 Å². The maximum atomic E-state index is 12.6. The number of carbonyl (C=O) groups is 2. The molecule has 1 aromatic heterocycles. The van der Waals surface area contributed by atoms with Gasteiger partial charge in [-0.1, -0.05) is 37.6 Å². The van der Waals surface area contributed by atoms with Crippen LogP contribution in [-0.2, 0) is 11.2 Å². The lowest BCUT2D eigenvalue weighted by Crippen LogP contribution is -2.26. The molecule has 2 N–H and O–H groups in total. The molecular weight excluding hydrogens is 432 g/mol. The fourth-order valence-electron chi connectivity index (χ4n) is 3.45. The first kappa shape index (κ1) is 25.0. The zero-order chi connectivity index (χ0) is 24.3. The van der Waals surface area contributed by atoms with Crippen LogP contribution in [0.1, 0.15) is 55.8 Å². The average molecular weight is 465 g/mol. The molecule has 0 saturated heterocycles. The molecule has 0 aliphatic heterocycles. The summed E-state index contributed by atoms with van der Waals surface area (Å²) in [6.07, 6.45) is 3.71. The lowest BCUT2D eigenvalue weighted by molar-refractivity contribution is -0.116. The molecule has 3 rings (SSSR count). The smallest absolute Gasteiger partial charge is 0.253 e. The summed E-state index contributed by atoms with van der Waals surface area (Å²) in [4.78, 5) is 29.1. The summed E-state index contributed by atoms with van der Waals surface area (Å²) in [6.45, 7) is 4.51. The topological polar surface area (TPSA) is 106 Å². The molecule has 3 aromatic rings. The zero-order valence-corrected chi connectivity index (χ0v) is 20.0. The molecule has 0 aliphatic rings. The molecule has 0 saturated carbocycles. The van der Waals surface area contributed by atoms with E-state index in [0.29, 0.717) is 42.4 Å². The highest BCUT2D eigenvalue weighted by molar-refractivity contribution is 6.03. The van der Waals surface area contributed by atoms with Crippen molar-refractivity contribution in [3.63, 3.8) is 0 Å². The lowest BCUT2D eigenvalue weighted by atomic mass is 10.1. The quantitative estimate of drug-likeness (QED) is 0.370. The van der Waals surface area contributed by atoms with Crippen LogP contribution in [0.25, 0.3) is 11.4 Å². The van der Waals surface area contributed by atoms with Crippen molar-refractivity contribution in [2.24, 2.45) is 5.92 Å². The molecule has 0 atom stereocenters. The summed E-state index contributed by atoms with van der Waals surface area (Å²) in [5, 5.41) is 9.82. The Labute approximate surface area is 200 Å². The third kappa shape index (κ3) is 7.43. The van der Waals surface area contributed by atoms with E-state index in [4.69, 9.17) is 9.26 Å². The van der Waals surface area contributed by atoms with Crippen LogP contribution in [0.2, 0.25) is 0 Å². The van der Waals surface area contributed by atoms with E-state index < -0.39 is 0 Å². The predicted octanol–water partition coefficient (Wildman–Crippen LogP) is 4.87. The van der Waals surface area contributed by atoms with Gasteiger partial charge in [-0.3, -0.25) is 9.59 Å². The first-order valence-corrected chi connectivity index (χ1v) is 11.6. The number of hydrogen-bond acceptors (Lipinski definition) is 6. The number of anilines is 1. The van der Waals surface area contributed by atoms with Crippen molar-refractivity contribution in [3.8, 4) is 17.1 Å². The summed E-state index contributed by atoms with van der Waals surface area (Å²) >= 11 is 0. The molecule has 0 bridgehead atoms. The predicted molar refractivity (Wildman–Crippen MR) is 131 cm³/mol. The van der Waals surface area contributed by atoms with Crippen LogP contribution < -0.4 is 15.4 Å². The summed E-state index contributed by atoms with van der Waals surface area (Å²) in [6, 6.07) is 14.6. The number of methoxy groups -OCH3 is 1. The van der Waals surface area contributed by atoms with Crippen LogP contribution in [0, 0.1) is 5.92 Å². The molecule has 1 heterocycles. The number of para-hydroxylation sites is 1. The van der Waals surface area contributed by atoms with Gasteiger partial charge in [0.05, 0.1) is 18.4 Å². The molecule has 0 fully saturated rings. The van der Waals surface area contributed by atoms with E-state index >= 15 is 0 Å². The second-order valence-electron chi connectivity index (χ2n) is 8.50. The summed E-state index contributed by atoms with van der Waals surface area (Å²) < 4.78 is 10.5. The monoisotopic (exact) mass is 464 g/mol. The normalized spacial score (nSPS) is 10.8. The molecule has 8 heteroatoms. The van der Waals surface area contributed by atoms with Crippen molar-refractivity contribution < 1.29 is 18.8 Å². The number of nitrogens with zero attached hydrogens (tertiary/aromatic N) is 2. The number of amides is 2. The van der Waals surface area contributed by atoms with Crippen molar-refractivity contribution in [2.45, 2.75) is 46.0 Å². The SMILES string of the molecule is COc1ccc(-c2noc(CCCCCNC(=O)c3ccccc3NC(=O)CC(C)C)n2)cc1. The number of aromatic nitrogens is 2. The number of carbonyl (C=O) groups excluding carboxylic acids is 2. The Kier molecular flexibility index (Phi) is 9.20. The van der Waals surface area contributed by atoms with E-state index in [1.165, 1.54) is 0 Å². The fourth-order valence-corrected chi connectivity index (χ4v) is 3.45. The van der Waals surface area contributed by atoms with Crippen molar-refractivity contribution in [1.29, 1.82) is 0 Å². The minimum absolute atomic E-state index is 0.0913. The van der Waals surface area contributed by atoms with Gasteiger partial charge in [-0.15, -0.1) is 0 Å². The Morgan fingerprint density at radius 2 is 1.79 bits per heavy atom. The molecular formula is C26H32N4O4. The number of aryl methyl sites for hydroxylation is 1. The van der Waals surface area contributed by atoms with E-state index in [9.17, 15) is 9.59 Å². The Morgan fingerprint density at radius 1 is 1.03 bits per heavy atom.